The van der Waals surface area contributed by atoms with Crippen LogP contribution in [0.15, 0.2) is 41.4 Å². The van der Waals surface area contributed by atoms with Crippen LogP contribution in [0, 0.1) is 6.92 Å². The molecule has 0 bridgehead atoms. The van der Waals surface area contributed by atoms with E-state index in [1.54, 1.807) is 22.6 Å². The first-order valence-corrected chi connectivity index (χ1v) is 9.67. The first kappa shape index (κ1) is 15.6. The number of fused-ring (bicyclic) bond motifs is 1. The quantitative estimate of drug-likeness (QED) is 0.858. The lowest BCUT2D eigenvalue weighted by atomic mass is 10.0. The molecule has 1 atom stereocenters. The van der Waals surface area contributed by atoms with E-state index in [9.17, 15) is 8.42 Å². The second kappa shape index (κ2) is 5.86. The summed E-state index contributed by atoms with van der Waals surface area (Å²) >= 11 is 0. The summed E-state index contributed by atoms with van der Waals surface area (Å²) in [6.45, 7) is 3.58. The molecule has 126 valence electrons. The molecule has 0 spiro atoms. The summed E-state index contributed by atoms with van der Waals surface area (Å²) < 4.78 is 33.3. The predicted octanol–water partition coefficient (Wildman–Crippen LogP) is 2.50. The minimum Gasteiger partial charge on any atom is -0.492 e. The predicted molar refractivity (Wildman–Crippen MR) is 90.7 cm³/mol. The number of pyridine rings is 1. The van der Waals surface area contributed by atoms with E-state index in [2.05, 4.69) is 4.98 Å². The van der Waals surface area contributed by atoms with Gasteiger partial charge in [0.05, 0.1) is 6.61 Å². The molecule has 0 N–H and O–H groups in total. The monoisotopic (exact) mass is 344 g/mol. The Kier molecular flexibility index (Phi) is 3.81. The number of ether oxygens (including phenoxy) is 1. The van der Waals surface area contributed by atoms with Gasteiger partial charge >= 0.3 is 0 Å². The van der Waals surface area contributed by atoms with Gasteiger partial charge in [-0.05, 0) is 42.7 Å². The molecule has 0 saturated carbocycles. The molecule has 1 unspecified atom stereocenters. The molecule has 2 aliphatic rings. The molecule has 1 aromatic carbocycles. The highest BCUT2D eigenvalue weighted by molar-refractivity contribution is 7.89. The van der Waals surface area contributed by atoms with Crippen molar-refractivity contribution in [3.63, 3.8) is 0 Å². The summed E-state index contributed by atoms with van der Waals surface area (Å²) in [5.41, 5.74) is 3.10. The summed E-state index contributed by atoms with van der Waals surface area (Å²) in [4.78, 5) is 4.72. The molecule has 1 fully saturated rings. The Hall–Kier alpha value is -1.92. The topological polar surface area (TPSA) is 59.5 Å². The molecule has 24 heavy (non-hydrogen) atoms. The van der Waals surface area contributed by atoms with Crippen molar-refractivity contribution in [3.8, 4) is 5.75 Å². The van der Waals surface area contributed by atoms with E-state index in [4.69, 9.17) is 4.74 Å². The van der Waals surface area contributed by atoms with Crippen LogP contribution < -0.4 is 4.74 Å². The number of hydrogen-bond acceptors (Lipinski definition) is 4. The highest BCUT2D eigenvalue weighted by Gasteiger charge is 2.36. The van der Waals surface area contributed by atoms with E-state index < -0.39 is 10.0 Å². The second-order valence-electron chi connectivity index (χ2n) is 6.45. The van der Waals surface area contributed by atoms with Gasteiger partial charge in [-0.15, -0.1) is 0 Å². The Balaban J connectivity index is 1.62. The van der Waals surface area contributed by atoms with Crippen LogP contribution in [-0.2, 0) is 16.4 Å². The summed E-state index contributed by atoms with van der Waals surface area (Å²) in [5, 5.41) is 0. The van der Waals surface area contributed by atoms with E-state index in [0.29, 0.717) is 30.3 Å². The van der Waals surface area contributed by atoms with E-state index >= 15 is 0 Å². The molecular formula is C18H20N2O3S. The maximum absolute atomic E-state index is 13.1. The third kappa shape index (κ3) is 2.59. The molecule has 0 amide bonds. The van der Waals surface area contributed by atoms with Crippen LogP contribution in [0.25, 0.3) is 0 Å². The highest BCUT2D eigenvalue weighted by atomic mass is 32.2. The first-order chi connectivity index (χ1) is 11.6. The van der Waals surface area contributed by atoms with E-state index in [1.165, 1.54) is 0 Å². The molecule has 5 nitrogen and oxygen atoms in total. The Bertz CT molecular complexity index is 880. The molecule has 3 heterocycles. The van der Waals surface area contributed by atoms with Gasteiger partial charge in [0.1, 0.15) is 10.6 Å². The Morgan fingerprint density at radius 2 is 2.17 bits per heavy atom. The highest BCUT2D eigenvalue weighted by Crippen LogP contribution is 2.37. The lowest BCUT2D eigenvalue weighted by Gasteiger charge is -2.18. The molecule has 0 radical (unpaired) electrons. The normalized spacial score (nSPS) is 20.8. The molecule has 0 aliphatic carbocycles. The summed E-state index contributed by atoms with van der Waals surface area (Å²) in [6.07, 6.45) is 3.36. The van der Waals surface area contributed by atoms with Crippen LogP contribution in [0.5, 0.6) is 5.75 Å². The molecule has 1 saturated heterocycles. The van der Waals surface area contributed by atoms with Crippen LogP contribution in [0.3, 0.4) is 0 Å². The molecule has 4 rings (SSSR count). The maximum Gasteiger partial charge on any atom is 0.246 e. The fraction of sp³-hybridized carbons (Fsp3) is 0.389. The average molecular weight is 344 g/mol. The first-order valence-electron chi connectivity index (χ1n) is 8.23. The average Bonchev–Trinajstić information content (AvgIpc) is 3.24. The van der Waals surface area contributed by atoms with Crippen LogP contribution >= 0.6 is 0 Å². The van der Waals surface area contributed by atoms with Crippen molar-refractivity contribution < 1.29 is 13.2 Å². The van der Waals surface area contributed by atoms with Crippen LogP contribution in [0.1, 0.15) is 29.2 Å². The maximum atomic E-state index is 13.1. The van der Waals surface area contributed by atoms with Crippen LogP contribution in [0.2, 0.25) is 0 Å². The second-order valence-corrected chi connectivity index (χ2v) is 8.36. The van der Waals surface area contributed by atoms with Crippen LogP contribution in [0.4, 0.5) is 0 Å². The number of benzene rings is 1. The number of sulfonamides is 1. The number of aromatic nitrogens is 1. The number of rotatable bonds is 3. The largest absolute Gasteiger partial charge is 0.492 e. The molecule has 2 aliphatic heterocycles. The summed E-state index contributed by atoms with van der Waals surface area (Å²) in [6, 6.07) is 9.39. The minimum absolute atomic E-state index is 0.150. The van der Waals surface area contributed by atoms with Gasteiger partial charge in [-0.3, -0.25) is 4.98 Å². The fourth-order valence-corrected chi connectivity index (χ4v) is 5.17. The zero-order valence-electron chi connectivity index (χ0n) is 13.6. The SMILES string of the molecule is Cc1ccnc(C2CCN(S(=O)(=O)c3cccc4c3OCC4)C2)c1. The van der Waals surface area contributed by atoms with Gasteiger partial charge in [0.2, 0.25) is 10.0 Å². The third-order valence-electron chi connectivity index (χ3n) is 4.80. The van der Waals surface area contributed by atoms with Crippen molar-refractivity contribution in [2.24, 2.45) is 0 Å². The van der Waals surface area contributed by atoms with E-state index in [-0.39, 0.29) is 5.92 Å². The lowest BCUT2D eigenvalue weighted by molar-refractivity contribution is 0.347. The molecule has 1 aromatic heterocycles. The molecule has 2 aromatic rings. The number of nitrogens with zero attached hydrogens (tertiary/aromatic N) is 2. The van der Waals surface area contributed by atoms with Crippen molar-refractivity contribution >= 4 is 10.0 Å². The van der Waals surface area contributed by atoms with Crippen molar-refractivity contribution in [2.75, 3.05) is 19.7 Å². The zero-order chi connectivity index (χ0) is 16.7. The van der Waals surface area contributed by atoms with Gasteiger partial charge in [0, 0.05) is 37.3 Å². The molecular weight excluding hydrogens is 324 g/mol. The molecule has 6 heteroatoms. The van der Waals surface area contributed by atoms with Crippen molar-refractivity contribution in [3.05, 3.63) is 53.3 Å². The Labute approximate surface area is 142 Å². The summed E-state index contributed by atoms with van der Waals surface area (Å²) in [7, 11) is -3.53. The van der Waals surface area contributed by atoms with Crippen molar-refractivity contribution in [1.29, 1.82) is 0 Å². The van der Waals surface area contributed by atoms with Gasteiger partial charge in [0.15, 0.2) is 0 Å². The van der Waals surface area contributed by atoms with E-state index in [1.807, 2.05) is 25.1 Å². The third-order valence-corrected chi connectivity index (χ3v) is 6.69. The zero-order valence-corrected chi connectivity index (χ0v) is 14.4. The standard InChI is InChI=1S/C18H20N2O3S/c1-13-5-8-19-16(11-13)15-6-9-20(12-15)24(21,22)17-4-2-3-14-7-10-23-18(14)17/h2-5,8,11,15H,6-7,9-10,12H2,1H3. The Morgan fingerprint density at radius 1 is 1.29 bits per heavy atom. The van der Waals surface area contributed by atoms with Gasteiger partial charge < -0.3 is 4.74 Å². The number of hydrogen-bond donors (Lipinski definition) is 0. The van der Waals surface area contributed by atoms with Crippen LogP contribution in [-0.4, -0.2) is 37.4 Å². The van der Waals surface area contributed by atoms with Crippen molar-refractivity contribution in [1.82, 2.24) is 9.29 Å². The minimum atomic E-state index is -3.53. The smallest absolute Gasteiger partial charge is 0.246 e. The van der Waals surface area contributed by atoms with Gasteiger partial charge in [-0.25, -0.2) is 8.42 Å². The van der Waals surface area contributed by atoms with Crippen molar-refractivity contribution in [2.45, 2.75) is 30.6 Å². The fourth-order valence-electron chi connectivity index (χ4n) is 3.50. The van der Waals surface area contributed by atoms with Gasteiger partial charge in [-0.2, -0.15) is 4.31 Å². The van der Waals surface area contributed by atoms with Gasteiger partial charge in [-0.1, -0.05) is 12.1 Å². The van der Waals surface area contributed by atoms with Gasteiger partial charge in [0.25, 0.3) is 0 Å². The van der Waals surface area contributed by atoms with E-state index in [0.717, 1.165) is 29.7 Å². The number of aryl methyl sites for hydroxylation is 1. The Morgan fingerprint density at radius 3 is 3.00 bits per heavy atom. The lowest BCUT2D eigenvalue weighted by Crippen LogP contribution is -2.29. The summed E-state index contributed by atoms with van der Waals surface area (Å²) in [5.74, 6) is 0.687. The number of para-hydroxylation sites is 1.